The smallest absolute Gasteiger partial charge is 0.279 e. The number of hydrogen-bond donors (Lipinski definition) is 2. The second kappa shape index (κ2) is 9.86. The summed E-state index contributed by atoms with van der Waals surface area (Å²) in [5.41, 5.74) is 4.49. The average molecular weight is 404 g/mol. The predicted molar refractivity (Wildman–Crippen MR) is 117 cm³/mol. The van der Waals surface area contributed by atoms with E-state index in [0.29, 0.717) is 25.2 Å². The highest BCUT2D eigenvalue weighted by Crippen LogP contribution is 2.18. The summed E-state index contributed by atoms with van der Waals surface area (Å²) in [7, 11) is 0. The largest absolute Gasteiger partial charge is 0.328 e. The second-order valence-electron chi connectivity index (χ2n) is 7.63. The highest BCUT2D eigenvalue weighted by atomic mass is 16.2. The van der Waals surface area contributed by atoms with Crippen LogP contribution in [0.4, 0.5) is 5.69 Å². The maximum atomic E-state index is 12.5. The number of nitriles is 1. The van der Waals surface area contributed by atoms with Crippen molar-refractivity contribution in [3.05, 3.63) is 70.8 Å². The molecule has 1 heterocycles. The van der Waals surface area contributed by atoms with E-state index in [1.807, 2.05) is 49.1 Å². The number of anilines is 1. The standard InChI is InChI=1S/C24H26N4O2/c1-18-4-3-5-19(2)24(18)26-22(29)17-27-12-14-28(15-13-27)23(30)11-10-20-6-8-21(16-25)9-7-20/h3-11H,12-15,17H2,1-2H3,(H,26,29)/p+1/b11-10+. The molecule has 1 aliphatic rings. The Kier molecular flexibility index (Phi) is 6.99. The van der Waals surface area contributed by atoms with Gasteiger partial charge in [-0.1, -0.05) is 30.3 Å². The Hall–Kier alpha value is -3.43. The molecule has 1 aliphatic heterocycles. The minimum Gasteiger partial charge on any atom is -0.328 e. The number of quaternary nitrogens is 1. The molecule has 6 nitrogen and oxygen atoms in total. The molecule has 0 aliphatic carbocycles. The van der Waals surface area contributed by atoms with Gasteiger partial charge >= 0.3 is 0 Å². The van der Waals surface area contributed by atoms with Crippen LogP contribution in [0.15, 0.2) is 48.5 Å². The molecule has 6 heteroatoms. The average Bonchev–Trinajstić information content (AvgIpc) is 2.75. The highest BCUT2D eigenvalue weighted by molar-refractivity contribution is 5.93. The summed E-state index contributed by atoms with van der Waals surface area (Å²) in [5.74, 6) is -0.0266. The predicted octanol–water partition coefficient (Wildman–Crippen LogP) is 1.55. The van der Waals surface area contributed by atoms with E-state index in [9.17, 15) is 9.59 Å². The minimum absolute atomic E-state index is 0.00267. The fourth-order valence-electron chi connectivity index (χ4n) is 3.58. The number of rotatable bonds is 5. The summed E-state index contributed by atoms with van der Waals surface area (Å²) in [4.78, 5) is 27.9. The number of hydrogen-bond acceptors (Lipinski definition) is 3. The van der Waals surface area contributed by atoms with E-state index < -0.39 is 0 Å². The summed E-state index contributed by atoms with van der Waals surface area (Å²) in [6, 6.07) is 15.1. The first kappa shape index (κ1) is 21.3. The number of carbonyl (C=O) groups is 2. The van der Waals surface area contributed by atoms with Gasteiger partial charge in [-0.25, -0.2) is 0 Å². The first-order chi connectivity index (χ1) is 14.5. The molecule has 1 fully saturated rings. The number of amides is 2. The van der Waals surface area contributed by atoms with Crippen molar-refractivity contribution in [1.29, 1.82) is 5.26 Å². The lowest BCUT2D eigenvalue weighted by Crippen LogP contribution is -3.15. The van der Waals surface area contributed by atoms with Crippen molar-refractivity contribution in [2.24, 2.45) is 0 Å². The van der Waals surface area contributed by atoms with Crippen LogP contribution in [0, 0.1) is 25.2 Å². The Morgan fingerprint density at radius 1 is 1.10 bits per heavy atom. The fourth-order valence-corrected chi connectivity index (χ4v) is 3.58. The van der Waals surface area contributed by atoms with Crippen molar-refractivity contribution in [1.82, 2.24) is 4.90 Å². The van der Waals surface area contributed by atoms with Crippen LogP contribution >= 0.6 is 0 Å². The van der Waals surface area contributed by atoms with E-state index in [0.717, 1.165) is 35.5 Å². The first-order valence-corrected chi connectivity index (χ1v) is 10.1. The molecule has 1 saturated heterocycles. The Labute approximate surface area is 177 Å². The second-order valence-corrected chi connectivity index (χ2v) is 7.63. The lowest BCUT2D eigenvalue weighted by atomic mass is 10.1. The van der Waals surface area contributed by atoms with Crippen molar-refractivity contribution in [2.75, 3.05) is 38.0 Å². The Morgan fingerprint density at radius 3 is 2.33 bits per heavy atom. The molecule has 0 atom stereocenters. The number of nitrogens with one attached hydrogen (secondary N) is 2. The maximum absolute atomic E-state index is 12.5. The number of benzene rings is 2. The molecule has 30 heavy (non-hydrogen) atoms. The summed E-state index contributed by atoms with van der Waals surface area (Å²) < 4.78 is 0. The lowest BCUT2D eigenvalue weighted by molar-refractivity contribution is -0.895. The van der Waals surface area contributed by atoms with Crippen LogP contribution in [-0.2, 0) is 9.59 Å². The topological polar surface area (TPSA) is 77.6 Å². The van der Waals surface area contributed by atoms with Crippen LogP contribution < -0.4 is 10.2 Å². The van der Waals surface area contributed by atoms with Gasteiger partial charge in [-0.15, -0.1) is 0 Å². The van der Waals surface area contributed by atoms with Crippen molar-refractivity contribution in [3.8, 4) is 6.07 Å². The highest BCUT2D eigenvalue weighted by Gasteiger charge is 2.24. The SMILES string of the molecule is Cc1cccc(C)c1NC(=O)C[NH+]1CCN(C(=O)/C=C/c2ccc(C#N)cc2)CC1. The van der Waals surface area contributed by atoms with E-state index in [1.54, 1.807) is 24.3 Å². The number of aryl methyl sites for hydroxylation is 2. The molecular weight excluding hydrogens is 376 g/mol. The van der Waals surface area contributed by atoms with Crippen LogP contribution in [0.2, 0.25) is 0 Å². The van der Waals surface area contributed by atoms with Crippen LogP contribution in [0.3, 0.4) is 0 Å². The molecule has 2 N–H and O–H groups in total. The zero-order valence-electron chi connectivity index (χ0n) is 17.4. The Morgan fingerprint density at radius 2 is 1.73 bits per heavy atom. The third-order valence-corrected chi connectivity index (χ3v) is 5.40. The van der Waals surface area contributed by atoms with E-state index >= 15 is 0 Å². The molecule has 0 bridgehead atoms. The van der Waals surface area contributed by atoms with Crippen molar-refractivity contribution in [2.45, 2.75) is 13.8 Å². The number of carbonyl (C=O) groups excluding carboxylic acids is 2. The van der Waals surface area contributed by atoms with Crippen molar-refractivity contribution >= 4 is 23.6 Å². The molecule has 0 aromatic heterocycles. The molecular formula is C24H27N4O2+. The van der Waals surface area contributed by atoms with Gasteiger partial charge in [-0.05, 0) is 48.7 Å². The molecule has 0 radical (unpaired) electrons. The van der Waals surface area contributed by atoms with Gasteiger partial charge in [0.2, 0.25) is 5.91 Å². The monoisotopic (exact) mass is 403 g/mol. The fraction of sp³-hybridized carbons (Fsp3) is 0.292. The Bertz CT molecular complexity index is 961. The van der Waals surface area contributed by atoms with Gasteiger partial charge in [0.15, 0.2) is 6.54 Å². The van der Waals surface area contributed by atoms with Gasteiger partial charge in [-0.3, -0.25) is 9.59 Å². The van der Waals surface area contributed by atoms with E-state index in [-0.39, 0.29) is 11.8 Å². The third-order valence-electron chi connectivity index (χ3n) is 5.40. The van der Waals surface area contributed by atoms with Gasteiger partial charge in [0.1, 0.15) is 0 Å². The molecule has 3 rings (SSSR count). The van der Waals surface area contributed by atoms with Gasteiger partial charge < -0.3 is 15.1 Å². The van der Waals surface area contributed by atoms with Crippen LogP contribution in [0.25, 0.3) is 6.08 Å². The number of para-hydroxylation sites is 1. The summed E-state index contributed by atoms with van der Waals surface area (Å²) >= 11 is 0. The number of nitrogens with zero attached hydrogens (tertiary/aromatic N) is 2. The number of piperazine rings is 1. The normalized spacial score (nSPS) is 14.5. The first-order valence-electron chi connectivity index (χ1n) is 10.1. The molecule has 2 aromatic rings. The summed E-state index contributed by atoms with van der Waals surface area (Å²) in [6.45, 7) is 7.13. The zero-order chi connectivity index (χ0) is 21.5. The van der Waals surface area contributed by atoms with E-state index in [4.69, 9.17) is 5.26 Å². The van der Waals surface area contributed by atoms with Crippen LogP contribution in [-0.4, -0.2) is 49.4 Å². The molecule has 154 valence electrons. The molecule has 0 spiro atoms. The van der Waals surface area contributed by atoms with Crippen molar-refractivity contribution < 1.29 is 14.5 Å². The quantitative estimate of drug-likeness (QED) is 0.744. The van der Waals surface area contributed by atoms with Gasteiger partial charge in [0, 0.05) is 11.8 Å². The Balaban J connectivity index is 1.47. The maximum Gasteiger partial charge on any atom is 0.279 e. The molecule has 2 amide bonds. The van der Waals surface area contributed by atoms with E-state index in [2.05, 4.69) is 11.4 Å². The van der Waals surface area contributed by atoms with Crippen LogP contribution in [0.1, 0.15) is 22.3 Å². The third kappa shape index (κ3) is 5.56. The zero-order valence-corrected chi connectivity index (χ0v) is 17.4. The van der Waals surface area contributed by atoms with Gasteiger partial charge in [0.25, 0.3) is 5.91 Å². The summed E-state index contributed by atoms with van der Waals surface area (Å²) in [6.07, 6.45) is 3.33. The van der Waals surface area contributed by atoms with Crippen LogP contribution in [0.5, 0.6) is 0 Å². The summed E-state index contributed by atoms with van der Waals surface area (Å²) in [5, 5.41) is 11.9. The molecule has 0 saturated carbocycles. The minimum atomic E-state index is -0.0293. The van der Waals surface area contributed by atoms with Gasteiger partial charge in [0.05, 0.1) is 37.8 Å². The molecule has 2 aromatic carbocycles. The van der Waals surface area contributed by atoms with E-state index in [1.165, 1.54) is 4.90 Å². The van der Waals surface area contributed by atoms with Gasteiger partial charge in [-0.2, -0.15) is 5.26 Å². The lowest BCUT2D eigenvalue weighted by Gasteiger charge is -2.31. The molecule has 0 unspecified atom stereocenters. The van der Waals surface area contributed by atoms with Crippen molar-refractivity contribution in [3.63, 3.8) is 0 Å².